The molecule has 1 atom stereocenters. The maximum atomic E-state index is 13.6. The maximum Gasteiger partial charge on any atom is 0.253 e. The number of thioether (sulfide) groups is 1. The summed E-state index contributed by atoms with van der Waals surface area (Å²) in [5.41, 5.74) is 1.50. The molecule has 2 heterocycles. The van der Waals surface area contributed by atoms with Crippen molar-refractivity contribution in [3.8, 4) is 0 Å². The highest BCUT2D eigenvalue weighted by molar-refractivity contribution is 8.00. The van der Waals surface area contributed by atoms with Crippen molar-refractivity contribution in [1.29, 1.82) is 0 Å². The Morgan fingerprint density at radius 2 is 2.00 bits per heavy atom. The Bertz CT molecular complexity index is 959. The summed E-state index contributed by atoms with van der Waals surface area (Å²) in [6, 6.07) is 4.76. The fourth-order valence-electron chi connectivity index (χ4n) is 2.24. The van der Waals surface area contributed by atoms with E-state index in [1.54, 1.807) is 11.4 Å². The van der Waals surface area contributed by atoms with Crippen molar-refractivity contribution >= 4 is 29.1 Å². The van der Waals surface area contributed by atoms with Gasteiger partial charge in [-0.25, -0.2) is 18.3 Å². The molecule has 1 unspecified atom stereocenters. The van der Waals surface area contributed by atoms with Gasteiger partial charge in [0.25, 0.3) is 5.78 Å². The molecule has 1 aromatic carbocycles. The van der Waals surface area contributed by atoms with Crippen LogP contribution >= 0.6 is 11.8 Å². The van der Waals surface area contributed by atoms with Gasteiger partial charge in [-0.15, -0.1) is 5.10 Å². The molecule has 25 heavy (non-hydrogen) atoms. The number of carbonyl (C=O) groups is 1. The SMILES string of the molecule is Cc1cc(C)n2nc(SC(C)C(=O)Nc3cc(F)ccc3F)nc2n1. The lowest BCUT2D eigenvalue weighted by Gasteiger charge is -2.10. The van der Waals surface area contributed by atoms with Crippen LogP contribution in [-0.2, 0) is 4.79 Å². The van der Waals surface area contributed by atoms with Gasteiger partial charge in [-0.1, -0.05) is 11.8 Å². The van der Waals surface area contributed by atoms with E-state index >= 15 is 0 Å². The highest BCUT2D eigenvalue weighted by atomic mass is 32.2. The first kappa shape index (κ1) is 17.3. The molecule has 1 amide bonds. The van der Waals surface area contributed by atoms with Crippen LogP contribution in [0.3, 0.4) is 0 Å². The monoisotopic (exact) mass is 363 g/mol. The predicted octanol–water partition coefficient (Wildman–Crippen LogP) is 3.14. The molecule has 0 radical (unpaired) electrons. The van der Waals surface area contributed by atoms with Crippen molar-refractivity contribution in [2.24, 2.45) is 0 Å². The first-order valence-corrected chi connectivity index (χ1v) is 8.35. The third kappa shape index (κ3) is 3.76. The minimum absolute atomic E-state index is 0.200. The molecule has 2 aromatic heterocycles. The third-order valence-corrected chi connectivity index (χ3v) is 4.39. The molecular formula is C16H15F2N5OS. The number of nitrogens with one attached hydrogen (secondary N) is 1. The molecule has 3 rings (SSSR count). The van der Waals surface area contributed by atoms with Crippen LogP contribution < -0.4 is 5.32 Å². The van der Waals surface area contributed by atoms with Crippen molar-refractivity contribution in [3.63, 3.8) is 0 Å². The lowest BCUT2D eigenvalue weighted by atomic mass is 10.3. The summed E-state index contributed by atoms with van der Waals surface area (Å²) in [5.74, 6) is -1.36. The van der Waals surface area contributed by atoms with Crippen LogP contribution in [0.15, 0.2) is 29.4 Å². The van der Waals surface area contributed by atoms with E-state index in [9.17, 15) is 13.6 Å². The molecule has 9 heteroatoms. The van der Waals surface area contributed by atoms with Gasteiger partial charge in [0.2, 0.25) is 11.1 Å². The molecule has 0 spiro atoms. The normalized spacial score (nSPS) is 12.4. The molecule has 0 saturated heterocycles. The average molecular weight is 363 g/mol. The summed E-state index contributed by atoms with van der Waals surface area (Å²) < 4.78 is 28.4. The van der Waals surface area contributed by atoms with E-state index in [-0.39, 0.29) is 5.69 Å². The van der Waals surface area contributed by atoms with Gasteiger partial charge in [-0.3, -0.25) is 4.79 Å². The third-order valence-electron chi connectivity index (χ3n) is 3.44. The van der Waals surface area contributed by atoms with Crippen LogP contribution in [0.5, 0.6) is 0 Å². The second kappa shape index (κ2) is 6.75. The van der Waals surface area contributed by atoms with Gasteiger partial charge in [0.1, 0.15) is 11.6 Å². The van der Waals surface area contributed by atoms with E-state index in [4.69, 9.17) is 0 Å². The Morgan fingerprint density at radius 1 is 1.24 bits per heavy atom. The topological polar surface area (TPSA) is 72.2 Å². The van der Waals surface area contributed by atoms with Crippen molar-refractivity contribution in [3.05, 3.63) is 47.3 Å². The summed E-state index contributed by atoms with van der Waals surface area (Å²) in [6.45, 7) is 5.38. The van der Waals surface area contributed by atoms with E-state index < -0.39 is 22.8 Å². The standard InChI is InChI=1S/C16H15F2N5OS/c1-8-6-9(2)23-15(19-8)21-16(22-23)25-10(3)14(24)20-13-7-11(17)4-5-12(13)18/h4-7,10H,1-3H3,(H,20,24). The van der Waals surface area contributed by atoms with Crippen molar-refractivity contribution in [2.45, 2.75) is 31.2 Å². The van der Waals surface area contributed by atoms with Crippen molar-refractivity contribution in [1.82, 2.24) is 19.6 Å². The minimum Gasteiger partial charge on any atom is -0.323 e. The molecule has 1 N–H and O–H groups in total. The molecule has 0 fully saturated rings. The number of carbonyl (C=O) groups excluding carboxylic acids is 1. The van der Waals surface area contributed by atoms with E-state index in [1.165, 1.54) is 0 Å². The molecule has 130 valence electrons. The maximum absolute atomic E-state index is 13.6. The highest BCUT2D eigenvalue weighted by Crippen LogP contribution is 2.23. The van der Waals surface area contributed by atoms with E-state index in [0.717, 1.165) is 41.3 Å². The summed E-state index contributed by atoms with van der Waals surface area (Å²) >= 11 is 1.11. The number of nitrogens with zero attached hydrogens (tertiary/aromatic N) is 4. The van der Waals surface area contributed by atoms with Gasteiger partial charge in [-0.05, 0) is 39.0 Å². The first-order chi connectivity index (χ1) is 11.8. The molecule has 0 bridgehead atoms. The first-order valence-electron chi connectivity index (χ1n) is 7.47. The zero-order valence-corrected chi connectivity index (χ0v) is 14.6. The Kier molecular flexibility index (Phi) is 4.67. The van der Waals surface area contributed by atoms with Crippen LogP contribution in [0.2, 0.25) is 0 Å². The highest BCUT2D eigenvalue weighted by Gasteiger charge is 2.19. The Labute approximate surface area is 146 Å². The molecular weight excluding hydrogens is 348 g/mol. The largest absolute Gasteiger partial charge is 0.323 e. The lowest BCUT2D eigenvalue weighted by Crippen LogP contribution is -2.23. The smallest absolute Gasteiger partial charge is 0.253 e. The number of hydrogen-bond donors (Lipinski definition) is 1. The summed E-state index contributed by atoms with van der Waals surface area (Å²) in [4.78, 5) is 20.8. The zero-order chi connectivity index (χ0) is 18.1. The van der Waals surface area contributed by atoms with Crippen LogP contribution in [0.4, 0.5) is 14.5 Å². The number of aryl methyl sites for hydroxylation is 2. The summed E-state index contributed by atoms with van der Waals surface area (Å²) in [5, 5.41) is 6.45. The van der Waals surface area contributed by atoms with Gasteiger partial charge >= 0.3 is 0 Å². The second-order valence-corrected chi connectivity index (χ2v) is 6.83. The lowest BCUT2D eigenvalue weighted by molar-refractivity contribution is -0.115. The number of amides is 1. The quantitative estimate of drug-likeness (QED) is 0.721. The molecule has 0 saturated carbocycles. The number of halogens is 2. The van der Waals surface area contributed by atoms with E-state index in [2.05, 4.69) is 20.4 Å². The fourth-order valence-corrected chi connectivity index (χ4v) is 2.98. The van der Waals surface area contributed by atoms with Crippen LogP contribution in [0, 0.1) is 25.5 Å². The van der Waals surface area contributed by atoms with Gasteiger partial charge in [0, 0.05) is 17.5 Å². The molecule has 3 aromatic rings. The Hall–Kier alpha value is -2.55. The van der Waals surface area contributed by atoms with Crippen LogP contribution in [-0.4, -0.2) is 30.7 Å². The number of benzene rings is 1. The zero-order valence-electron chi connectivity index (χ0n) is 13.7. The van der Waals surface area contributed by atoms with Crippen LogP contribution in [0.1, 0.15) is 18.3 Å². The van der Waals surface area contributed by atoms with E-state index in [1.807, 2.05) is 19.9 Å². The minimum atomic E-state index is -0.701. The predicted molar refractivity (Wildman–Crippen MR) is 90.6 cm³/mol. The van der Waals surface area contributed by atoms with Crippen molar-refractivity contribution in [2.75, 3.05) is 5.32 Å². The van der Waals surface area contributed by atoms with Gasteiger partial charge in [0.05, 0.1) is 10.9 Å². The number of rotatable bonds is 4. The average Bonchev–Trinajstić information content (AvgIpc) is 2.93. The number of aromatic nitrogens is 4. The molecule has 0 aliphatic rings. The molecule has 0 aliphatic carbocycles. The van der Waals surface area contributed by atoms with Crippen LogP contribution in [0.25, 0.3) is 5.78 Å². The summed E-state index contributed by atoms with van der Waals surface area (Å²) in [7, 11) is 0. The molecule has 0 aliphatic heterocycles. The number of hydrogen-bond acceptors (Lipinski definition) is 5. The molecule has 6 nitrogen and oxygen atoms in total. The van der Waals surface area contributed by atoms with Crippen molar-refractivity contribution < 1.29 is 13.6 Å². The number of anilines is 1. The van der Waals surface area contributed by atoms with E-state index in [0.29, 0.717) is 10.9 Å². The Morgan fingerprint density at radius 3 is 2.76 bits per heavy atom. The van der Waals surface area contributed by atoms with Gasteiger partial charge in [0.15, 0.2) is 0 Å². The number of fused-ring (bicyclic) bond motifs is 1. The second-order valence-electron chi connectivity index (χ2n) is 5.52. The fraction of sp³-hybridized carbons (Fsp3) is 0.250. The van der Waals surface area contributed by atoms with Gasteiger partial charge < -0.3 is 5.32 Å². The Balaban J connectivity index is 1.75. The summed E-state index contributed by atoms with van der Waals surface area (Å²) in [6.07, 6.45) is 0. The van der Waals surface area contributed by atoms with Gasteiger partial charge in [-0.2, -0.15) is 4.98 Å².